The number of aliphatic hydroxyl groups excluding tert-OH is 1. The van der Waals surface area contributed by atoms with Crippen LogP contribution in [0.1, 0.15) is 13.8 Å². The van der Waals surface area contributed by atoms with Gasteiger partial charge in [-0.05, 0) is 13.8 Å². The lowest BCUT2D eigenvalue weighted by Crippen LogP contribution is -2.19. The van der Waals surface area contributed by atoms with Crippen LogP contribution in [0.3, 0.4) is 0 Å². The summed E-state index contributed by atoms with van der Waals surface area (Å²) in [5.41, 5.74) is 0. The lowest BCUT2D eigenvalue weighted by atomic mass is 10.4. The Labute approximate surface area is 54.6 Å². The van der Waals surface area contributed by atoms with Crippen molar-refractivity contribution >= 4 is 0 Å². The van der Waals surface area contributed by atoms with Crippen LogP contribution >= 0.6 is 0 Å². The van der Waals surface area contributed by atoms with Crippen LogP contribution in [0.15, 0.2) is 0 Å². The van der Waals surface area contributed by atoms with E-state index in [0.29, 0.717) is 0 Å². The van der Waals surface area contributed by atoms with E-state index in [9.17, 15) is 4.39 Å². The van der Waals surface area contributed by atoms with Gasteiger partial charge in [0.05, 0.1) is 12.7 Å². The Bertz CT molecular complexity index is 66.1. The highest BCUT2D eigenvalue weighted by atomic mass is 19.1. The van der Waals surface area contributed by atoms with E-state index < -0.39 is 12.8 Å². The molecule has 0 saturated carbocycles. The number of hydrogen-bond acceptors (Lipinski definition) is 2. The van der Waals surface area contributed by atoms with Gasteiger partial charge in [-0.3, -0.25) is 0 Å². The maximum Gasteiger partial charge on any atom is 0.118 e. The number of aliphatic hydroxyl groups is 1. The van der Waals surface area contributed by atoms with Crippen molar-refractivity contribution in [3.63, 3.8) is 0 Å². The van der Waals surface area contributed by atoms with Gasteiger partial charge in [0, 0.05) is 0 Å². The van der Waals surface area contributed by atoms with Gasteiger partial charge in [-0.1, -0.05) is 0 Å². The van der Waals surface area contributed by atoms with E-state index in [0.717, 1.165) is 0 Å². The molecule has 0 rings (SSSR count). The lowest BCUT2D eigenvalue weighted by Gasteiger charge is -2.09. The van der Waals surface area contributed by atoms with E-state index in [1.807, 2.05) is 13.8 Å². The number of hydrogen-bond donors (Lipinski definition) is 1. The van der Waals surface area contributed by atoms with Crippen molar-refractivity contribution in [1.29, 1.82) is 0 Å². The van der Waals surface area contributed by atoms with Crippen LogP contribution in [-0.4, -0.2) is 30.6 Å². The van der Waals surface area contributed by atoms with E-state index in [1.165, 1.54) is 0 Å². The Morgan fingerprint density at radius 3 is 2.44 bits per heavy atom. The molecule has 3 heteroatoms. The molecule has 0 amide bonds. The average Bonchev–Trinajstić information content (AvgIpc) is 1.83. The second-order valence-electron chi connectivity index (χ2n) is 2.19. The smallest absolute Gasteiger partial charge is 0.118 e. The maximum absolute atomic E-state index is 11.5. The van der Waals surface area contributed by atoms with Gasteiger partial charge in [0.15, 0.2) is 0 Å². The van der Waals surface area contributed by atoms with Crippen LogP contribution in [0.25, 0.3) is 0 Å². The molecule has 0 aliphatic carbocycles. The molecule has 56 valence electrons. The zero-order chi connectivity index (χ0) is 7.28. The van der Waals surface area contributed by atoms with Gasteiger partial charge in [0.25, 0.3) is 0 Å². The summed E-state index contributed by atoms with van der Waals surface area (Å²) < 4.78 is 16.4. The zero-order valence-corrected chi connectivity index (χ0v) is 5.80. The molecule has 0 aliphatic rings. The Morgan fingerprint density at radius 2 is 2.11 bits per heavy atom. The van der Waals surface area contributed by atoms with Gasteiger partial charge in [-0.25, -0.2) is 4.39 Å². The Balaban J connectivity index is 3.06. The molecular formula is C6H13FO2. The third-order valence-corrected chi connectivity index (χ3v) is 0.800. The third kappa shape index (κ3) is 5.73. The standard InChI is InChI=1S/C6H13FO2/c1-5(2)9-4-6(8)3-7/h5-6,8H,3-4H2,1-2H3/t6-/m1/s1. The van der Waals surface area contributed by atoms with Gasteiger partial charge >= 0.3 is 0 Å². The van der Waals surface area contributed by atoms with Crippen LogP contribution in [0.2, 0.25) is 0 Å². The van der Waals surface area contributed by atoms with Crippen molar-refractivity contribution in [2.45, 2.75) is 26.1 Å². The highest BCUT2D eigenvalue weighted by Gasteiger charge is 2.02. The predicted molar refractivity (Wildman–Crippen MR) is 33.1 cm³/mol. The highest BCUT2D eigenvalue weighted by molar-refractivity contribution is 4.50. The zero-order valence-electron chi connectivity index (χ0n) is 5.80. The molecule has 0 aromatic heterocycles. The normalized spacial score (nSPS) is 14.3. The molecule has 9 heavy (non-hydrogen) atoms. The fraction of sp³-hybridized carbons (Fsp3) is 1.00. The van der Waals surface area contributed by atoms with Crippen LogP contribution in [0, 0.1) is 0 Å². The molecule has 0 bridgehead atoms. The first-order chi connectivity index (χ1) is 4.16. The van der Waals surface area contributed by atoms with Crippen molar-refractivity contribution < 1.29 is 14.2 Å². The summed E-state index contributed by atoms with van der Waals surface area (Å²) in [7, 11) is 0. The fourth-order valence-corrected chi connectivity index (χ4v) is 0.348. The van der Waals surface area contributed by atoms with Gasteiger partial charge in [0.1, 0.15) is 12.8 Å². The first-order valence-corrected chi connectivity index (χ1v) is 3.02. The van der Waals surface area contributed by atoms with Crippen LogP contribution < -0.4 is 0 Å². The summed E-state index contributed by atoms with van der Waals surface area (Å²) in [6, 6.07) is 0. The van der Waals surface area contributed by atoms with E-state index in [4.69, 9.17) is 9.84 Å². The molecule has 0 aromatic rings. The molecule has 0 unspecified atom stereocenters. The molecule has 0 aliphatic heterocycles. The van der Waals surface area contributed by atoms with Crippen LogP contribution in [0.4, 0.5) is 4.39 Å². The van der Waals surface area contributed by atoms with Gasteiger partial charge < -0.3 is 9.84 Å². The molecule has 1 N–H and O–H groups in total. The van der Waals surface area contributed by atoms with Gasteiger partial charge in [-0.15, -0.1) is 0 Å². The van der Waals surface area contributed by atoms with Crippen LogP contribution in [-0.2, 0) is 4.74 Å². The van der Waals surface area contributed by atoms with E-state index >= 15 is 0 Å². The first kappa shape index (κ1) is 8.85. The SMILES string of the molecule is CC(C)OC[C@H](O)CF. The summed E-state index contributed by atoms with van der Waals surface area (Å²) in [5, 5.41) is 8.61. The summed E-state index contributed by atoms with van der Waals surface area (Å²) in [6.07, 6.45) is -0.890. The van der Waals surface area contributed by atoms with Crippen molar-refractivity contribution in [2.24, 2.45) is 0 Å². The second-order valence-corrected chi connectivity index (χ2v) is 2.19. The topological polar surface area (TPSA) is 29.5 Å². The summed E-state index contributed by atoms with van der Waals surface area (Å²) in [6.45, 7) is 3.04. The summed E-state index contributed by atoms with van der Waals surface area (Å²) >= 11 is 0. The minimum absolute atomic E-state index is 0.0613. The lowest BCUT2D eigenvalue weighted by molar-refractivity contribution is -0.00330. The van der Waals surface area contributed by atoms with Crippen molar-refractivity contribution in [3.8, 4) is 0 Å². The first-order valence-electron chi connectivity index (χ1n) is 3.02. The molecule has 0 fully saturated rings. The molecule has 0 saturated heterocycles. The van der Waals surface area contributed by atoms with E-state index in [2.05, 4.69) is 0 Å². The number of halogens is 1. The largest absolute Gasteiger partial charge is 0.388 e. The molecule has 0 radical (unpaired) electrons. The fourth-order valence-electron chi connectivity index (χ4n) is 0.348. The quantitative estimate of drug-likeness (QED) is 0.617. The molecule has 0 spiro atoms. The van der Waals surface area contributed by atoms with E-state index in [1.54, 1.807) is 0 Å². The Kier molecular flexibility index (Phi) is 4.62. The second kappa shape index (κ2) is 4.70. The highest BCUT2D eigenvalue weighted by Crippen LogP contribution is 1.91. The number of rotatable bonds is 4. The number of alkyl halides is 1. The average molecular weight is 136 g/mol. The van der Waals surface area contributed by atoms with Gasteiger partial charge in [-0.2, -0.15) is 0 Å². The summed E-state index contributed by atoms with van der Waals surface area (Å²) in [4.78, 5) is 0. The molecule has 1 atom stereocenters. The molecule has 0 heterocycles. The molecular weight excluding hydrogens is 123 g/mol. The van der Waals surface area contributed by atoms with E-state index in [-0.39, 0.29) is 12.7 Å². The number of ether oxygens (including phenoxy) is 1. The third-order valence-electron chi connectivity index (χ3n) is 0.800. The minimum Gasteiger partial charge on any atom is -0.388 e. The predicted octanol–water partition coefficient (Wildman–Crippen LogP) is 0.742. The minimum atomic E-state index is -0.951. The summed E-state index contributed by atoms with van der Waals surface area (Å²) in [5.74, 6) is 0. The molecule has 2 nitrogen and oxygen atoms in total. The van der Waals surface area contributed by atoms with Crippen molar-refractivity contribution in [1.82, 2.24) is 0 Å². The Hall–Kier alpha value is -0.150. The van der Waals surface area contributed by atoms with Crippen molar-refractivity contribution in [3.05, 3.63) is 0 Å². The maximum atomic E-state index is 11.5. The van der Waals surface area contributed by atoms with Crippen molar-refractivity contribution in [2.75, 3.05) is 13.3 Å². The Morgan fingerprint density at radius 1 is 1.56 bits per heavy atom. The molecule has 0 aromatic carbocycles. The van der Waals surface area contributed by atoms with Crippen LogP contribution in [0.5, 0.6) is 0 Å². The van der Waals surface area contributed by atoms with Gasteiger partial charge in [0.2, 0.25) is 0 Å². The monoisotopic (exact) mass is 136 g/mol.